The number of hydrogen-bond donors (Lipinski definition) is 3. The van der Waals surface area contributed by atoms with Gasteiger partial charge in [-0.2, -0.15) is 0 Å². The van der Waals surface area contributed by atoms with E-state index in [1.807, 2.05) is 27.2 Å². The van der Waals surface area contributed by atoms with Crippen molar-refractivity contribution in [2.75, 3.05) is 40.5 Å². The van der Waals surface area contributed by atoms with Crippen LogP contribution in [0.1, 0.15) is 117 Å². The van der Waals surface area contributed by atoms with Gasteiger partial charge in [0.1, 0.15) is 0 Å². The summed E-state index contributed by atoms with van der Waals surface area (Å²) in [4.78, 5) is 22.6. The lowest BCUT2D eigenvalue weighted by Gasteiger charge is -2.26. The number of carbonyl (C=O) groups excluding carboxylic acids is 1. The number of aliphatic hydroxyl groups excluding tert-OH is 1. The normalized spacial score (nSPS) is 15.5. The van der Waals surface area contributed by atoms with Crippen molar-refractivity contribution in [1.29, 1.82) is 0 Å². The minimum absolute atomic E-state index is 0.0262. The summed E-state index contributed by atoms with van der Waals surface area (Å²) in [5.41, 5.74) is 0. The Morgan fingerprint density at radius 3 is 1.95 bits per heavy atom. The molecule has 0 rings (SSSR count). The molecule has 0 saturated heterocycles. The topological polar surface area (TPSA) is 95.9 Å². The second-order valence-electron chi connectivity index (χ2n) is 11.5. The maximum absolute atomic E-state index is 12.5. The Hall–Kier alpha value is -0.720. The molecule has 0 aliphatic rings. The van der Waals surface area contributed by atoms with Gasteiger partial charge in [0.25, 0.3) is 0 Å². The zero-order valence-corrected chi connectivity index (χ0v) is 25.7. The van der Waals surface area contributed by atoms with Gasteiger partial charge in [0.15, 0.2) is 0 Å². The van der Waals surface area contributed by atoms with Gasteiger partial charge in [-0.15, -0.1) is 0 Å². The fraction of sp³-hybridized carbons (Fsp3) is 0.897. The van der Waals surface area contributed by atoms with Crippen molar-refractivity contribution >= 4 is 13.5 Å². The molecule has 0 bridgehead atoms. The third-order valence-electron chi connectivity index (χ3n) is 6.58. The van der Waals surface area contributed by atoms with Crippen LogP contribution in [0.3, 0.4) is 0 Å². The van der Waals surface area contributed by atoms with E-state index in [1.165, 1.54) is 64.2 Å². The van der Waals surface area contributed by atoms with E-state index in [0.717, 1.165) is 32.1 Å². The molecule has 1 amide bonds. The van der Waals surface area contributed by atoms with Crippen molar-refractivity contribution in [3.8, 4) is 0 Å². The molecule has 1 unspecified atom stereocenters. The Labute approximate surface area is 228 Å². The summed E-state index contributed by atoms with van der Waals surface area (Å²) in [6.45, 7) is 4.62. The van der Waals surface area contributed by atoms with Crippen molar-refractivity contribution in [1.82, 2.24) is 5.32 Å². The zero-order valence-electron chi connectivity index (χ0n) is 24.8. The van der Waals surface area contributed by atoms with E-state index < -0.39 is 19.7 Å². The molecule has 0 aliphatic carbocycles. The lowest BCUT2D eigenvalue weighted by molar-refractivity contribution is -0.867. The number of amides is 1. The highest BCUT2D eigenvalue weighted by atomic mass is 31.2. The summed E-state index contributed by atoms with van der Waals surface area (Å²) in [6.07, 6.45) is 20.9. The lowest BCUT2D eigenvalue weighted by atomic mass is 10.0. The molecule has 0 saturated carbocycles. The minimum Gasteiger partial charge on any atom is -0.387 e. The molecule has 0 spiro atoms. The first-order chi connectivity index (χ1) is 17.5. The van der Waals surface area contributed by atoms with E-state index in [-0.39, 0.29) is 18.7 Å². The smallest absolute Gasteiger partial charge is 0.333 e. The zero-order chi connectivity index (χ0) is 28.0. The quantitative estimate of drug-likeness (QED) is 0.0519. The van der Waals surface area contributed by atoms with Crippen LogP contribution in [-0.4, -0.2) is 73.0 Å². The van der Waals surface area contributed by atoms with Crippen molar-refractivity contribution in [2.24, 2.45) is 0 Å². The van der Waals surface area contributed by atoms with Crippen molar-refractivity contribution in [3.63, 3.8) is 0 Å². The summed E-state index contributed by atoms with van der Waals surface area (Å²) in [6, 6.07) is -0.757. The standard InChI is InChI=1S/C29H59N2O5P/c1-6-8-10-11-12-13-14-15-16-17-18-19-21-22-28(32)27(30-29(33)23-20-9-7-2)26-36-37(34,35)25-24-31(3,4)5/h21-22,27-28,32H,6-20,23-26H2,1-5H3,(H-,30,33,34,35)/p+1/b22-21+/t27-,28+/m0/s1. The highest BCUT2D eigenvalue weighted by Crippen LogP contribution is 2.41. The molecule has 8 heteroatoms. The van der Waals surface area contributed by atoms with Crippen molar-refractivity contribution in [3.05, 3.63) is 12.2 Å². The van der Waals surface area contributed by atoms with Gasteiger partial charge in [-0.25, -0.2) is 0 Å². The van der Waals surface area contributed by atoms with E-state index in [4.69, 9.17) is 4.52 Å². The van der Waals surface area contributed by atoms with Crippen LogP contribution < -0.4 is 5.32 Å². The van der Waals surface area contributed by atoms with Crippen molar-refractivity contribution in [2.45, 2.75) is 129 Å². The second kappa shape index (κ2) is 22.1. The number of quaternary nitrogens is 1. The maximum atomic E-state index is 12.5. The van der Waals surface area contributed by atoms with Crippen LogP contribution in [0.4, 0.5) is 0 Å². The van der Waals surface area contributed by atoms with E-state index >= 15 is 0 Å². The van der Waals surface area contributed by atoms with Gasteiger partial charge in [-0.3, -0.25) is 9.36 Å². The van der Waals surface area contributed by atoms with Crippen LogP contribution in [0.5, 0.6) is 0 Å². The van der Waals surface area contributed by atoms with Gasteiger partial charge in [0.05, 0.1) is 52.6 Å². The van der Waals surface area contributed by atoms with Gasteiger partial charge >= 0.3 is 7.60 Å². The molecular weight excluding hydrogens is 487 g/mol. The predicted octanol–water partition coefficient (Wildman–Crippen LogP) is 6.58. The number of carbonyl (C=O) groups is 1. The number of nitrogens with zero attached hydrogens (tertiary/aromatic N) is 1. The van der Waals surface area contributed by atoms with Crippen LogP contribution in [0.15, 0.2) is 12.2 Å². The van der Waals surface area contributed by atoms with Crippen LogP contribution in [0, 0.1) is 0 Å². The fourth-order valence-electron chi connectivity index (χ4n) is 4.02. The number of aliphatic hydroxyl groups is 1. The molecule has 0 fully saturated rings. The molecule has 220 valence electrons. The maximum Gasteiger partial charge on any atom is 0.333 e. The third kappa shape index (κ3) is 24.1. The first kappa shape index (κ1) is 36.3. The van der Waals surface area contributed by atoms with E-state index in [9.17, 15) is 19.4 Å². The number of unbranched alkanes of at least 4 members (excludes halogenated alkanes) is 13. The number of nitrogens with one attached hydrogen (secondary N) is 1. The summed E-state index contributed by atoms with van der Waals surface area (Å²) in [5, 5.41) is 13.5. The third-order valence-corrected chi connectivity index (χ3v) is 7.90. The Bertz CT molecular complexity index is 636. The van der Waals surface area contributed by atoms with Crippen LogP contribution in [0.2, 0.25) is 0 Å². The first-order valence-corrected chi connectivity index (χ1v) is 16.7. The number of allylic oxidation sites excluding steroid dienone is 1. The summed E-state index contributed by atoms with van der Waals surface area (Å²) >= 11 is 0. The van der Waals surface area contributed by atoms with Crippen LogP contribution in [-0.2, 0) is 13.9 Å². The number of hydrogen-bond acceptors (Lipinski definition) is 4. The highest BCUT2D eigenvalue weighted by molar-refractivity contribution is 7.52. The summed E-state index contributed by atoms with van der Waals surface area (Å²) < 4.78 is 18.4. The largest absolute Gasteiger partial charge is 0.387 e. The monoisotopic (exact) mass is 547 g/mol. The lowest BCUT2D eigenvalue weighted by Crippen LogP contribution is -2.45. The van der Waals surface area contributed by atoms with Gasteiger partial charge in [0, 0.05) is 6.42 Å². The van der Waals surface area contributed by atoms with Gasteiger partial charge in [-0.1, -0.05) is 103 Å². The molecule has 7 nitrogen and oxygen atoms in total. The predicted molar refractivity (Wildman–Crippen MR) is 156 cm³/mol. The van der Waals surface area contributed by atoms with Crippen LogP contribution in [0.25, 0.3) is 0 Å². The Morgan fingerprint density at radius 2 is 1.41 bits per heavy atom. The Balaban J connectivity index is 4.48. The molecule has 0 aromatic heterocycles. The molecule has 3 N–H and O–H groups in total. The second-order valence-corrected chi connectivity index (χ2v) is 13.5. The average molecular weight is 548 g/mol. The molecule has 3 atom stereocenters. The van der Waals surface area contributed by atoms with E-state index in [1.54, 1.807) is 6.08 Å². The van der Waals surface area contributed by atoms with E-state index in [2.05, 4.69) is 19.2 Å². The molecule has 0 aromatic rings. The first-order valence-electron chi connectivity index (χ1n) is 14.9. The number of rotatable bonds is 25. The van der Waals surface area contributed by atoms with Gasteiger partial charge in [-0.05, 0) is 19.3 Å². The SMILES string of the molecule is CCCCCCCCCCCCC/C=C/[C@@H](O)[C@H](COP(=O)(O)CC[N+](C)(C)C)NC(=O)CCCCC. The molecule has 37 heavy (non-hydrogen) atoms. The molecule has 0 radical (unpaired) electrons. The molecule has 0 aromatic carbocycles. The van der Waals surface area contributed by atoms with Gasteiger partial charge in [0.2, 0.25) is 5.91 Å². The molecule has 0 aliphatic heterocycles. The average Bonchev–Trinajstić information content (AvgIpc) is 2.83. The van der Waals surface area contributed by atoms with E-state index in [0.29, 0.717) is 17.4 Å². The van der Waals surface area contributed by atoms with Crippen LogP contribution >= 0.6 is 7.60 Å². The summed E-state index contributed by atoms with van der Waals surface area (Å²) in [5.74, 6) is -0.168. The van der Waals surface area contributed by atoms with Gasteiger partial charge < -0.3 is 24.3 Å². The highest BCUT2D eigenvalue weighted by Gasteiger charge is 2.27. The Kier molecular flexibility index (Phi) is 21.7. The van der Waals surface area contributed by atoms with Crippen molar-refractivity contribution < 1.29 is 28.4 Å². The minimum atomic E-state index is -3.81. The Morgan fingerprint density at radius 1 is 0.892 bits per heavy atom. The fourth-order valence-corrected chi connectivity index (χ4v) is 5.40. The molecular formula is C29H60N2O5P+. The summed E-state index contributed by atoms with van der Waals surface area (Å²) in [7, 11) is 2.03. The molecule has 0 heterocycles.